The summed E-state index contributed by atoms with van der Waals surface area (Å²) in [5, 5.41) is 0.0726. The van der Waals surface area contributed by atoms with Gasteiger partial charge in [0.1, 0.15) is 12.4 Å². The second kappa shape index (κ2) is 14.1. The first-order chi connectivity index (χ1) is 24.5. The number of likely N-dealkylation sites (N-methyl/N-ethyl adjacent to an activating group) is 1. The number of piperazine rings is 2. The average Bonchev–Trinajstić information content (AvgIpc) is 3.61. The van der Waals surface area contributed by atoms with Gasteiger partial charge in [-0.25, -0.2) is 13.1 Å². The van der Waals surface area contributed by atoms with E-state index in [1.807, 2.05) is 25.1 Å². The number of carbonyl (C=O) groups is 1. The molecule has 2 bridgehead atoms. The Morgan fingerprint density at radius 3 is 2.67 bits per heavy atom. The van der Waals surface area contributed by atoms with Crippen molar-refractivity contribution in [2.45, 2.75) is 76.7 Å². The molecule has 0 aromatic heterocycles. The van der Waals surface area contributed by atoms with E-state index in [0.717, 1.165) is 119 Å². The molecule has 7 atom stereocenters. The van der Waals surface area contributed by atoms with Crippen LogP contribution in [0.5, 0.6) is 5.75 Å². The number of fused-ring (bicyclic) bond motifs is 4. The van der Waals surface area contributed by atoms with Gasteiger partial charge >= 0.3 is 0 Å². The number of ether oxygens (including phenoxy) is 1. The SMILES string of the molecule is C[C@@H]1[C@@H](C)CCCC2(CN3CCN4CCN(C)C[C@H]4C3)C3C[C@@H](CN4CCCCc5cc(Cl)ccc5COc5ccc(cc54)C(=O)NS1(=O)=O)[C@@H]32. The quantitative estimate of drug-likeness (QED) is 0.432. The predicted octanol–water partition coefficient (Wildman–Crippen LogP) is 5.51. The molecule has 1 amide bonds. The molecule has 278 valence electrons. The van der Waals surface area contributed by atoms with E-state index < -0.39 is 21.2 Å². The highest BCUT2D eigenvalue weighted by Crippen LogP contribution is 2.75. The molecule has 2 aromatic carbocycles. The topological polar surface area (TPSA) is 85.4 Å². The first-order valence-corrected chi connectivity index (χ1v) is 21.4. The van der Waals surface area contributed by atoms with E-state index in [1.54, 1.807) is 13.0 Å². The van der Waals surface area contributed by atoms with Crippen LogP contribution in [0.1, 0.15) is 73.9 Å². The molecule has 2 unspecified atom stereocenters. The molecule has 4 heterocycles. The number of halogens is 1. The fraction of sp³-hybridized carbons (Fsp3) is 0.675. The first-order valence-electron chi connectivity index (χ1n) is 19.5. The van der Waals surface area contributed by atoms with Crippen LogP contribution in [0.15, 0.2) is 36.4 Å². The number of amides is 1. The lowest BCUT2D eigenvalue weighted by Crippen LogP contribution is -2.61. The van der Waals surface area contributed by atoms with E-state index in [4.69, 9.17) is 16.3 Å². The molecule has 4 fully saturated rings. The molecule has 0 spiro atoms. The second-order valence-corrected chi connectivity index (χ2v) is 19.4. The highest BCUT2D eigenvalue weighted by Gasteiger charge is 2.73. The molecule has 11 heteroatoms. The van der Waals surface area contributed by atoms with Crippen molar-refractivity contribution in [3.8, 4) is 5.75 Å². The van der Waals surface area contributed by atoms with Crippen molar-refractivity contribution in [3.63, 3.8) is 0 Å². The lowest BCUT2D eigenvalue weighted by molar-refractivity contribution is 0.0110. The van der Waals surface area contributed by atoms with Crippen LogP contribution in [0.4, 0.5) is 5.69 Å². The van der Waals surface area contributed by atoms with Gasteiger partial charge in [0, 0.05) is 75.5 Å². The minimum Gasteiger partial charge on any atom is -0.487 e. The fourth-order valence-corrected chi connectivity index (χ4v) is 12.1. The van der Waals surface area contributed by atoms with Gasteiger partial charge in [-0.15, -0.1) is 0 Å². The van der Waals surface area contributed by atoms with Crippen molar-refractivity contribution in [2.24, 2.45) is 29.1 Å². The van der Waals surface area contributed by atoms with Gasteiger partial charge < -0.3 is 14.5 Å². The smallest absolute Gasteiger partial charge is 0.264 e. The Hall–Kier alpha value is -2.37. The third-order valence-corrected chi connectivity index (χ3v) is 16.0. The molecule has 1 N–H and O–H groups in total. The van der Waals surface area contributed by atoms with E-state index >= 15 is 0 Å². The Bertz CT molecular complexity index is 1740. The lowest BCUT2D eigenvalue weighted by atomic mass is 9.84. The molecular weight excluding hydrogens is 682 g/mol. The van der Waals surface area contributed by atoms with Gasteiger partial charge in [-0.3, -0.25) is 14.6 Å². The number of rotatable bonds is 2. The summed E-state index contributed by atoms with van der Waals surface area (Å²) in [4.78, 5) is 24.0. The summed E-state index contributed by atoms with van der Waals surface area (Å²) in [6.45, 7) is 14.1. The predicted molar refractivity (Wildman–Crippen MR) is 203 cm³/mol. The zero-order valence-electron chi connectivity index (χ0n) is 30.7. The molecule has 51 heavy (non-hydrogen) atoms. The van der Waals surface area contributed by atoms with Crippen molar-refractivity contribution < 1.29 is 17.9 Å². The average molecular weight is 738 g/mol. The summed E-state index contributed by atoms with van der Waals surface area (Å²) in [7, 11) is -1.61. The monoisotopic (exact) mass is 737 g/mol. The maximum Gasteiger partial charge on any atom is 0.264 e. The van der Waals surface area contributed by atoms with Gasteiger partial charge in [0.05, 0.1) is 10.9 Å². The van der Waals surface area contributed by atoms with Crippen LogP contribution in [-0.4, -0.2) is 106 Å². The van der Waals surface area contributed by atoms with Crippen molar-refractivity contribution in [2.75, 3.05) is 70.9 Å². The Morgan fingerprint density at radius 1 is 0.961 bits per heavy atom. The number of nitrogens with zero attached hydrogens (tertiary/aromatic N) is 4. The number of hydrogen-bond donors (Lipinski definition) is 1. The molecule has 2 aromatic rings. The lowest BCUT2D eigenvalue weighted by Gasteiger charge is -2.47. The summed E-state index contributed by atoms with van der Waals surface area (Å²) in [6, 6.07) is 12.1. The summed E-state index contributed by atoms with van der Waals surface area (Å²) in [5.74, 6) is 2.13. The fourth-order valence-electron chi connectivity index (χ4n) is 10.6. The van der Waals surface area contributed by atoms with Crippen LogP contribution in [-0.2, 0) is 23.1 Å². The largest absolute Gasteiger partial charge is 0.487 e. The summed E-state index contributed by atoms with van der Waals surface area (Å²) >= 11 is 6.41. The zero-order valence-corrected chi connectivity index (χ0v) is 32.2. The number of hydrogen-bond acceptors (Lipinski definition) is 8. The Labute approximate surface area is 310 Å². The van der Waals surface area contributed by atoms with Gasteiger partial charge in [-0.1, -0.05) is 31.0 Å². The van der Waals surface area contributed by atoms with Gasteiger partial charge in [-0.05, 0) is 123 Å². The first kappa shape index (κ1) is 35.6. The van der Waals surface area contributed by atoms with Crippen molar-refractivity contribution in [1.29, 1.82) is 0 Å². The maximum atomic E-state index is 13.6. The number of anilines is 1. The molecule has 2 saturated heterocycles. The maximum absolute atomic E-state index is 13.6. The molecule has 9 nitrogen and oxygen atoms in total. The van der Waals surface area contributed by atoms with E-state index in [-0.39, 0.29) is 5.92 Å². The van der Waals surface area contributed by atoms with E-state index in [0.29, 0.717) is 35.5 Å². The molecule has 2 aliphatic carbocycles. The summed E-state index contributed by atoms with van der Waals surface area (Å²) in [5.41, 5.74) is 3.88. The third-order valence-electron chi connectivity index (χ3n) is 13.8. The standard InChI is InChI=1S/C40H56ClN5O4S/c1-27-7-6-13-40(26-44-16-18-45-17-15-43(3)23-34(45)24-44)35-20-32(38(35)40)22-46-14-5-4-8-29-19-33(41)11-9-31(29)25-50-37-12-10-30(21-36(37)46)39(47)42-51(48,49)28(27)2/h9-12,19,21,27-28,32,34-35,38H,4-8,13-18,20,22-26H2,1-3H3,(H,42,47)/t27-,28+,32-,34-,35?,38-,40?/m0/s1. The molecular formula is C40H56ClN5O4S. The van der Waals surface area contributed by atoms with Gasteiger partial charge in [0.2, 0.25) is 10.0 Å². The summed E-state index contributed by atoms with van der Waals surface area (Å²) in [6.07, 6.45) is 7.22. The number of carbonyl (C=O) groups excluding carboxylic acids is 1. The van der Waals surface area contributed by atoms with Gasteiger partial charge in [0.15, 0.2) is 0 Å². The van der Waals surface area contributed by atoms with Gasteiger partial charge in [0.25, 0.3) is 5.91 Å². The highest BCUT2D eigenvalue weighted by atomic mass is 35.5. The van der Waals surface area contributed by atoms with Crippen LogP contribution in [0.2, 0.25) is 5.02 Å². The zero-order chi connectivity index (χ0) is 35.5. The van der Waals surface area contributed by atoms with Crippen molar-refractivity contribution in [3.05, 3.63) is 58.1 Å². The molecule has 8 rings (SSSR count). The van der Waals surface area contributed by atoms with E-state index in [9.17, 15) is 13.2 Å². The number of sulfonamides is 1. The van der Waals surface area contributed by atoms with Crippen molar-refractivity contribution >= 4 is 33.2 Å². The summed E-state index contributed by atoms with van der Waals surface area (Å²) < 4.78 is 36.2. The second-order valence-electron chi connectivity index (χ2n) is 16.9. The van der Waals surface area contributed by atoms with Crippen LogP contribution >= 0.6 is 11.6 Å². The molecule has 0 radical (unpaired) electrons. The number of nitrogens with one attached hydrogen (secondary N) is 1. The van der Waals surface area contributed by atoms with Gasteiger partial charge in [-0.2, -0.15) is 0 Å². The Balaban J connectivity index is 1.10. The van der Waals surface area contributed by atoms with E-state index in [2.05, 4.69) is 43.5 Å². The molecule has 6 aliphatic rings. The molecule has 4 aliphatic heterocycles. The number of aryl methyl sites for hydroxylation is 1. The van der Waals surface area contributed by atoms with E-state index in [1.165, 1.54) is 18.5 Å². The highest BCUT2D eigenvalue weighted by molar-refractivity contribution is 7.90. The molecule has 2 saturated carbocycles. The van der Waals surface area contributed by atoms with Crippen molar-refractivity contribution in [1.82, 2.24) is 19.4 Å². The van der Waals surface area contributed by atoms with Crippen LogP contribution in [0.3, 0.4) is 0 Å². The minimum atomic E-state index is -3.87. The Kier molecular flexibility index (Phi) is 9.87. The minimum absolute atomic E-state index is 0.0529. The van der Waals surface area contributed by atoms with Crippen LogP contribution in [0, 0.1) is 29.1 Å². The third kappa shape index (κ3) is 7.05. The van der Waals surface area contributed by atoms with Crippen LogP contribution in [0.25, 0.3) is 0 Å². The Morgan fingerprint density at radius 2 is 1.80 bits per heavy atom. The normalized spacial score (nSPS) is 34.7. The van der Waals surface area contributed by atoms with Crippen LogP contribution < -0.4 is 14.4 Å². The number of benzene rings is 2.